The van der Waals surface area contributed by atoms with Gasteiger partial charge in [-0.2, -0.15) is 0 Å². The Balaban J connectivity index is 2.22. The molecule has 78 valence electrons. The Bertz CT molecular complexity index is 443. The van der Waals surface area contributed by atoms with E-state index in [0.29, 0.717) is 0 Å². The molecule has 0 spiro atoms. The molecule has 2 aromatic carbocycles. The molecule has 0 unspecified atom stereocenters. The van der Waals surface area contributed by atoms with Crippen LogP contribution < -0.4 is 21.2 Å². The zero-order valence-corrected chi connectivity index (χ0v) is 11.2. The average Bonchev–Trinajstić information content (AvgIpc) is 2.25. The van der Waals surface area contributed by atoms with Crippen LogP contribution in [0.3, 0.4) is 0 Å². The summed E-state index contributed by atoms with van der Waals surface area (Å²) in [5.41, 5.74) is 2.76. The first-order valence-electron chi connectivity index (χ1n) is 5.03. The zero-order chi connectivity index (χ0) is 10.7. The van der Waals surface area contributed by atoms with Crippen LogP contribution in [0.5, 0.6) is 0 Å². The number of hydrogen-bond acceptors (Lipinski definition) is 0. The molecule has 0 heterocycles. The molecule has 0 fully saturated rings. The summed E-state index contributed by atoms with van der Waals surface area (Å²) in [7, 11) is 0. The molecule has 0 aliphatic carbocycles. The van der Waals surface area contributed by atoms with Crippen molar-refractivity contribution in [1.82, 2.24) is 0 Å². The Labute approximate surface area is 102 Å². The molecule has 0 aromatic heterocycles. The van der Waals surface area contributed by atoms with Gasteiger partial charge in [-0.15, -0.1) is 0 Å². The van der Waals surface area contributed by atoms with Crippen molar-refractivity contribution in [3.05, 3.63) is 66.8 Å². The van der Waals surface area contributed by atoms with Gasteiger partial charge in [-0.1, -0.05) is 0 Å². The minimum atomic E-state index is -0.00580. The Morgan fingerprint density at radius 3 is 2.13 bits per heavy atom. The van der Waals surface area contributed by atoms with Gasteiger partial charge in [-0.3, -0.25) is 0 Å². The van der Waals surface area contributed by atoms with Crippen LogP contribution in [-0.2, 0) is 0 Å². The molecule has 0 amide bonds. The summed E-state index contributed by atoms with van der Waals surface area (Å²) in [6.45, 7) is 4.33. The Hall–Kier alpha value is -0.830. The molecule has 1 heteroatoms. The van der Waals surface area contributed by atoms with Crippen molar-refractivity contribution in [2.45, 2.75) is 13.8 Å². The maximum absolute atomic E-state index is 2.26. The molecule has 0 nitrogen and oxygen atoms in total. The minimum absolute atomic E-state index is 0.00580. The second kappa shape index (κ2) is 4.79. The first kappa shape index (κ1) is 10.7. The third kappa shape index (κ3) is 2.81. The van der Waals surface area contributed by atoms with Gasteiger partial charge in [0.15, 0.2) is 0 Å². The summed E-state index contributed by atoms with van der Waals surface area (Å²) in [6.07, 6.45) is 0. The first-order chi connectivity index (χ1) is 7.25. The van der Waals surface area contributed by atoms with Crippen molar-refractivity contribution in [3.8, 4) is 0 Å². The third-order valence-corrected chi connectivity index (χ3v) is 5.43. The van der Waals surface area contributed by atoms with Crippen LogP contribution in [0.25, 0.3) is 0 Å². The summed E-state index contributed by atoms with van der Waals surface area (Å²) >= 11 is -0.00580. The monoisotopic (exact) mass is 309 g/mol. The van der Waals surface area contributed by atoms with E-state index in [1.165, 1.54) is 18.3 Å². The van der Waals surface area contributed by atoms with E-state index in [0.717, 1.165) is 0 Å². The van der Waals surface area contributed by atoms with Gasteiger partial charge in [0.2, 0.25) is 0 Å². The van der Waals surface area contributed by atoms with E-state index in [1.54, 1.807) is 0 Å². The van der Waals surface area contributed by atoms with E-state index in [1.807, 2.05) is 0 Å². The zero-order valence-electron chi connectivity index (χ0n) is 9.00. The molecule has 2 rings (SSSR count). The van der Waals surface area contributed by atoms with Crippen LogP contribution in [0.1, 0.15) is 11.1 Å². The molecule has 0 N–H and O–H groups in total. The SMILES string of the molecule is Cc1ccc([I-]c2ccccc2C)cc1. The van der Waals surface area contributed by atoms with Crippen LogP contribution in [0.2, 0.25) is 0 Å². The number of halogens is 1. The molecule has 0 saturated carbocycles. The van der Waals surface area contributed by atoms with E-state index < -0.39 is 0 Å². The van der Waals surface area contributed by atoms with E-state index >= 15 is 0 Å². The van der Waals surface area contributed by atoms with E-state index in [2.05, 4.69) is 62.4 Å². The molecule has 0 aliphatic rings. The van der Waals surface area contributed by atoms with Crippen LogP contribution in [0.4, 0.5) is 0 Å². The van der Waals surface area contributed by atoms with Crippen molar-refractivity contribution < 1.29 is 21.2 Å². The number of hydrogen-bond donors (Lipinski definition) is 0. The summed E-state index contributed by atoms with van der Waals surface area (Å²) in [5, 5.41) is 0. The fourth-order valence-corrected chi connectivity index (χ4v) is 3.75. The van der Waals surface area contributed by atoms with Gasteiger partial charge in [0, 0.05) is 0 Å². The molecular weight excluding hydrogens is 295 g/mol. The second-order valence-corrected chi connectivity index (χ2v) is 6.59. The Morgan fingerprint density at radius 1 is 0.800 bits per heavy atom. The number of aryl methyl sites for hydroxylation is 2. The Kier molecular flexibility index (Phi) is 3.41. The van der Waals surface area contributed by atoms with Crippen molar-refractivity contribution in [1.29, 1.82) is 0 Å². The summed E-state index contributed by atoms with van der Waals surface area (Å²) < 4.78 is 3.02. The van der Waals surface area contributed by atoms with Crippen LogP contribution in [-0.4, -0.2) is 0 Å². The van der Waals surface area contributed by atoms with Crippen LogP contribution >= 0.6 is 0 Å². The molecule has 0 atom stereocenters. The molecular formula is C14H14I-. The van der Waals surface area contributed by atoms with Gasteiger partial charge in [-0.05, 0) is 0 Å². The molecule has 0 aliphatic heterocycles. The van der Waals surface area contributed by atoms with Gasteiger partial charge in [0.25, 0.3) is 0 Å². The standard InChI is InChI=1S/C14H14I/c1-11-7-9-13(10-8-11)15-14-6-4-3-5-12(14)2/h3-10H,1-2H3/q-1. The van der Waals surface area contributed by atoms with E-state index in [-0.39, 0.29) is 21.2 Å². The van der Waals surface area contributed by atoms with Crippen LogP contribution in [0, 0.1) is 21.0 Å². The molecule has 0 saturated heterocycles. The van der Waals surface area contributed by atoms with E-state index in [9.17, 15) is 0 Å². The van der Waals surface area contributed by atoms with Crippen molar-refractivity contribution in [3.63, 3.8) is 0 Å². The fourth-order valence-electron chi connectivity index (χ4n) is 1.37. The Morgan fingerprint density at radius 2 is 1.47 bits per heavy atom. The van der Waals surface area contributed by atoms with Crippen LogP contribution in [0.15, 0.2) is 48.5 Å². The maximum atomic E-state index is 2.26. The molecule has 0 radical (unpaired) electrons. The van der Waals surface area contributed by atoms with Gasteiger partial charge in [0.1, 0.15) is 0 Å². The predicted octanol–water partition coefficient (Wildman–Crippen LogP) is 0.432. The first-order valence-corrected chi connectivity index (χ1v) is 7.18. The average molecular weight is 309 g/mol. The summed E-state index contributed by atoms with van der Waals surface area (Å²) in [6, 6.07) is 17.6. The normalized spacial score (nSPS) is 10.5. The molecule has 2 aromatic rings. The molecule has 15 heavy (non-hydrogen) atoms. The van der Waals surface area contributed by atoms with E-state index in [4.69, 9.17) is 0 Å². The van der Waals surface area contributed by atoms with Gasteiger partial charge in [0.05, 0.1) is 0 Å². The fraction of sp³-hybridized carbons (Fsp3) is 0.143. The van der Waals surface area contributed by atoms with Crippen molar-refractivity contribution in [2.75, 3.05) is 0 Å². The van der Waals surface area contributed by atoms with Gasteiger partial charge < -0.3 is 0 Å². The number of benzene rings is 2. The van der Waals surface area contributed by atoms with Crippen molar-refractivity contribution >= 4 is 0 Å². The number of rotatable bonds is 2. The summed E-state index contributed by atoms with van der Waals surface area (Å²) in [5.74, 6) is 0. The molecule has 0 bridgehead atoms. The van der Waals surface area contributed by atoms with Gasteiger partial charge >= 0.3 is 102 Å². The third-order valence-electron chi connectivity index (χ3n) is 2.30. The predicted molar refractivity (Wildman–Crippen MR) is 59.8 cm³/mol. The second-order valence-electron chi connectivity index (χ2n) is 3.64. The topological polar surface area (TPSA) is 0 Å². The van der Waals surface area contributed by atoms with Crippen molar-refractivity contribution in [2.24, 2.45) is 0 Å². The van der Waals surface area contributed by atoms with Gasteiger partial charge in [-0.25, -0.2) is 0 Å². The quantitative estimate of drug-likeness (QED) is 0.706. The summed E-state index contributed by atoms with van der Waals surface area (Å²) in [4.78, 5) is 0.